The third-order valence-corrected chi connectivity index (χ3v) is 5.86. The van der Waals surface area contributed by atoms with Crippen LogP contribution in [0.1, 0.15) is 47.1 Å². The summed E-state index contributed by atoms with van der Waals surface area (Å²) in [6.45, 7) is 10.5. The molecular weight excluding hydrogens is 334 g/mol. The van der Waals surface area contributed by atoms with Crippen LogP contribution in [0.4, 0.5) is 0 Å². The van der Waals surface area contributed by atoms with E-state index >= 15 is 0 Å². The molecule has 1 N–H and O–H groups in total. The van der Waals surface area contributed by atoms with Crippen LogP contribution in [-0.4, -0.2) is 39.3 Å². The Kier molecular flexibility index (Phi) is 4.80. The molecule has 5 nitrogen and oxygen atoms in total. The minimum atomic E-state index is 0.544. The van der Waals surface area contributed by atoms with Gasteiger partial charge in [0.15, 0.2) is 0 Å². The lowest BCUT2D eigenvalue weighted by Crippen LogP contribution is -2.35. The van der Waals surface area contributed by atoms with Crippen LogP contribution in [0.5, 0.6) is 0 Å². The maximum absolute atomic E-state index is 6.17. The van der Waals surface area contributed by atoms with E-state index in [-0.39, 0.29) is 0 Å². The van der Waals surface area contributed by atoms with Crippen LogP contribution in [0.15, 0.2) is 12.1 Å². The van der Waals surface area contributed by atoms with Gasteiger partial charge in [0, 0.05) is 30.6 Å². The number of hydrogen-bond donors (Lipinski definition) is 1. The molecule has 4 rings (SSSR count). The highest BCUT2D eigenvalue weighted by Gasteiger charge is 2.27. The van der Waals surface area contributed by atoms with Crippen molar-refractivity contribution >= 4 is 11.6 Å². The summed E-state index contributed by atoms with van der Waals surface area (Å²) in [5.74, 6) is 2.84. The van der Waals surface area contributed by atoms with Crippen molar-refractivity contribution in [3.8, 4) is 0 Å². The van der Waals surface area contributed by atoms with Gasteiger partial charge in [-0.3, -0.25) is 4.90 Å². The second-order valence-corrected chi connectivity index (χ2v) is 7.81. The van der Waals surface area contributed by atoms with Gasteiger partial charge in [-0.05, 0) is 68.6 Å². The van der Waals surface area contributed by atoms with Crippen LogP contribution in [0, 0.1) is 13.8 Å². The highest BCUT2D eigenvalue weighted by molar-refractivity contribution is 6.30. The molecule has 0 amide bonds. The predicted octanol–water partition coefficient (Wildman–Crippen LogP) is 3.03. The quantitative estimate of drug-likeness (QED) is 0.915. The van der Waals surface area contributed by atoms with Crippen molar-refractivity contribution < 1.29 is 0 Å². The molecule has 0 atom stereocenters. The SMILES string of the molecule is Cc1cc(Cl)cc(C)c1CN1CCC(c2nnc3n2CCNC3)CC1. The molecule has 1 fully saturated rings. The Bertz CT molecular complexity index is 738. The fraction of sp³-hybridized carbons (Fsp3) is 0.579. The summed E-state index contributed by atoms with van der Waals surface area (Å²) < 4.78 is 2.34. The first kappa shape index (κ1) is 17.0. The second kappa shape index (κ2) is 7.06. The minimum absolute atomic E-state index is 0.544. The molecule has 25 heavy (non-hydrogen) atoms. The van der Waals surface area contributed by atoms with Gasteiger partial charge < -0.3 is 9.88 Å². The van der Waals surface area contributed by atoms with Crippen molar-refractivity contribution in [3.63, 3.8) is 0 Å². The number of aryl methyl sites for hydroxylation is 2. The predicted molar refractivity (Wildman–Crippen MR) is 99.9 cm³/mol. The number of likely N-dealkylation sites (tertiary alicyclic amines) is 1. The Balaban J connectivity index is 1.41. The van der Waals surface area contributed by atoms with Gasteiger partial charge >= 0.3 is 0 Å². The molecule has 6 heteroatoms. The van der Waals surface area contributed by atoms with Gasteiger partial charge in [0.1, 0.15) is 11.6 Å². The lowest BCUT2D eigenvalue weighted by atomic mass is 9.94. The number of halogens is 1. The molecule has 0 radical (unpaired) electrons. The third kappa shape index (κ3) is 3.46. The number of rotatable bonds is 3. The van der Waals surface area contributed by atoms with E-state index in [1.54, 1.807) is 0 Å². The van der Waals surface area contributed by atoms with Gasteiger partial charge in [-0.25, -0.2) is 0 Å². The molecule has 134 valence electrons. The number of nitrogens with zero attached hydrogens (tertiary/aromatic N) is 4. The van der Waals surface area contributed by atoms with Crippen LogP contribution >= 0.6 is 11.6 Å². The molecule has 1 saturated heterocycles. The van der Waals surface area contributed by atoms with Crippen LogP contribution in [0.25, 0.3) is 0 Å². The van der Waals surface area contributed by atoms with E-state index < -0.39 is 0 Å². The van der Waals surface area contributed by atoms with Crippen LogP contribution < -0.4 is 5.32 Å². The molecule has 3 heterocycles. The molecule has 2 aliphatic rings. The average molecular weight is 360 g/mol. The number of fused-ring (bicyclic) bond motifs is 1. The highest BCUT2D eigenvalue weighted by Crippen LogP contribution is 2.29. The summed E-state index contributed by atoms with van der Waals surface area (Å²) in [5, 5.41) is 13.1. The molecule has 0 spiro atoms. The largest absolute Gasteiger partial charge is 0.312 e. The van der Waals surface area contributed by atoms with E-state index in [9.17, 15) is 0 Å². The van der Waals surface area contributed by atoms with Crippen molar-refractivity contribution in [2.24, 2.45) is 0 Å². The third-order valence-electron chi connectivity index (χ3n) is 5.65. The summed E-state index contributed by atoms with van der Waals surface area (Å²) in [5.41, 5.74) is 4.02. The number of aromatic nitrogens is 3. The Morgan fingerprint density at radius 3 is 2.56 bits per heavy atom. The first-order valence-corrected chi connectivity index (χ1v) is 9.60. The molecule has 1 aromatic carbocycles. The lowest BCUT2D eigenvalue weighted by molar-refractivity contribution is 0.199. The van der Waals surface area contributed by atoms with E-state index in [2.05, 4.69) is 51.0 Å². The molecule has 0 bridgehead atoms. The van der Waals surface area contributed by atoms with Gasteiger partial charge in [0.05, 0.1) is 6.54 Å². The van der Waals surface area contributed by atoms with E-state index in [1.807, 2.05) is 0 Å². The summed E-state index contributed by atoms with van der Waals surface area (Å²) >= 11 is 6.17. The fourth-order valence-electron chi connectivity index (χ4n) is 4.18. The van der Waals surface area contributed by atoms with Gasteiger partial charge in [-0.2, -0.15) is 0 Å². The molecule has 0 saturated carbocycles. The molecule has 2 aliphatic heterocycles. The first-order chi connectivity index (χ1) is 12.1. The number of hydrogen-bond acceptors (Lipinski definition) is 4. The molecule has 0 unspecified atom stereocenters. The number of nitrogens with one attached hydrogen (secondary N) is 1. The zero-order valence-electron chi connectivity index (χ0n) is 15.1. The van der Waals surface area contributed by atoms with Crippen molar-refractivity contribution in [3.05, 3.63) is 45.5 Å². The standard InChI is InChI=1S/C19H26ClN5/c1-13-9-16(20)10-14(2)17(13)12-24-6-3-15(4-7-24)19-23-22-18-11-21-5-8-25(18)19/h9-10,15,21H,3-8,11-12H2,1-2H3. The summed E-state index contributed by atoms with van der Waals surface area (Å²) in [4.78, 5) is 2.56. The number of piperidine rings is 1. The molecule has 0 aliphatic carbocycles. The van der Waals surface area contributed by atoms with E-state index in [0.717, 1.165) is 63.0 Å². The highest BCUT2D eigenvalue weighted by atomic mass is 35.5. The summed E-state index contributed by atoms with van der Waals surface area (Å²) in [7, 11) is 0. The van der Waals surface area contributed by atoms with Gasteiger partial charge in [0.25, 0.3) is 0 Å². The van der Waals surface area contributed by atoms with Crippen LogP contribution in [-0.2, 0) is 19.6 Å². The topological polar surface area (TPSA) is 46.0 Å². The second-order valence-electron chi connectivity index (χ2n) is 7.37. The first-order valence-electron chi connectivity index (χ1n) is 9.22. The zero-order chi connectivity index (χ0) is 17.4. The van der Waals surface area contributed by atoms with E-state index in [1.165, 1.54) is 22.5 Å². The fourth-order valence-corrected chi connectivity index (χ4v) is 4.51. The van der Waals surface area contributed by atoms with E-state index in [0.29, 0.717) is 5.92 Å². The minimum Gasteiger partial charge on any atom is -0.312 e. The van der Waals surface area contributed by atoms with E-state index in [4.69, 9.17) is 11.6 Å². The van der Waals surface area contributed by atoms with Crippen LogP contribution in [0.2, 0.25) is 5.02 Å². The van der Waals surface area contributed by atoms with Crippen molar-refractivity contribution in [2.45, 2.75) is 52.2 Å². The normalized spacial score (nSPS) is 19.2. The maximum Gasteiger partial charge on any atom is 0.147 e. The zero-order valence-corrected chi connectivity index (χ0v) is 15.8. The molecular formula is C19H26ClN5. The average Bonchev–Trinajstić information content (AvgIpc) is 3.03. The Morgan fingerprint density at radius 2 is 1.84 bits per heavy atom. The lowest BCUT2D eigenvalue weighted by Gasteiger charge is -2.32. The van der Waals surface area contributed by atoms with Crippen molar-refractivity contribution in [1.82, 2.24) is 25.0 Å². The Morgan fingerprint density at radius 1 is 1.12 bits per heavy atom. The molecule has 1 aromatic heterocycles. The van der Waals surface area contributed by atoms with Gasteiger partial charge in [-0.15, -0.1) is 10.2 Å². The maximum atomic E-state index is 6.17. The smallest absolute Gasteiger partial charge is 0.147 e. The monoisotopic (exact) mass is 359 g/mol. The summed E-state index contributed by atoms with van der Waals surface area (Å²) in [6.07, 6.45) is 2.33. The van der Waals surface area contributed by atoms with Gasteiger partial charge in [0.2, 0.25) is 0 Å². The van der Waals surface area contributed by atoms with Crippen molar-refractivity contribution in [2.75, 3.05) is 19.6 Å². The molecule has 2 aromatic rings. The number of benzene rings is 1. The van der Waals surface area contributed by atoms with Crippen LogP contribution in [0.3, 0.4) is 0 Å². The van der Waals surface area contributed by atoms with Crippen molar-refractivity contribution in [1.29, 1.82) is 0 Å². The Hall–Kier alpha value is -1.43. The summed E-state index contributed by atoms with van der Waals surface area (Å²) in [6, 6.07) is 4.15. The van der Waals surface area contributed by atoms with Gasteiger partial charge in [-0.1, -0.05) is 11.6 Å². The Labute approximate surface area is 154 Å².